The number of phenolic OH excluding ortho intramolecular Hbond substituents is 1. The number of carbonyl (C=O) groups is 4. The average molecular weight is 1260 g/mol. The lowest BCUT2D eigenvalue weighted by molar-refractivity contribution is -0.697. The average Bonchev–Trinajstić information content (AvgIpc) is 0.808. The molecule has 5 aromatic rings. The summed E-state index contributed by atoms with van der Waals surface area (Å²) in [5, 5.41) is 10.9. The van der Waals surface area contributed by atoms with Gasteiger partial charge in [-0.25, -0.2) is 30.8 Å². The van der Waals surface area contributed by atoms with Crippen LogP contribution in [0.25, 0.3) is 33.2 Å². The summed E-state index contributed by atoms with van der Waals surface area (Å²) in [6, 6.07) is 16.5. The number of hydrogen-bond donors (Lipinski definition) is 1. The molecule has 1 N–H and O–H groups in total. The molecule has 7 rings (SSSR count). The number of hydrogen-bond acceptors (Lipinski definition) is 18. The summed E-state index contributed by atoms with van der Waals surface area (Å²) in [6.45, 7) is 28.3. The van der Waals surface area contributed by atoms with Gasteiger partial charge >= 0.3 is 23.5 Å². The minimum atomic E-state index is -4.20. The molecule has 0 amide bonds. The van der Waals surface area contributed by atoms with Gasteiger partial charge in [-0.2, -0.15) is 0 Å². The number of carbonyl (C=O) groups excluding carboxylic acids is 4. The van der Waals surface area contributed by atoms with Crippen LogP contribution in [-0.2, 0) is 68.3 Å². The van der Waals surface area contributed by atoms with Gasteiger partial charge in [0.2, 0.25) is 0 Å². The highest BCUT2D eigenvalue weighted by Gasteiger charge is 2.34. The maximum absolute atomic E-state index is 13.1. The second kappa shape index (κ2) is 30.3. The second-order valence-corrected chi connectivity index (χ2v) is 28.3. The fourth-order valence-corrected chi connectivity index (χ4v) is 11.7. The highest BCUT2D eigenvalue weighted by atomic mass is 32.2. The third kappa shape index (κ3) is 22.4. The molecule has 0 radical (unpaired) electrons. The first kappa shape index (κ1) is 71.5. The molecule has 2 aliphatic rings. The highest BCUT2D eigenvalue weighted by molar-refractivity contribution is 7.85. The molecular formula is C66H88N4O16S2. The zero-order valence-electron chi connectivity index (χ0n) is 53.2. The molecule has 480 valence electrons. The molecule has 0 atom stereocenters. The van der Waals surface area contributed by atoms with Crippen molar-refractivity contribution in [3.63, 3.8) is 0 Å². The topological polar surface area (TPSA) is 275 Å². The molecule has 2 aliphatic heterocycles. The van der Waals surface area contributed by atoms with Crippen molar-refractivity contribution in [1.29, 1.82) is 0 Å². The highest BCUT2D eigenvalue weighted by Crippen LogP contribution is 2.43. The molecule has 0 bridgehead atoms. The van der Waals surface area contributed by atoms with Crippen LogP contribution in [0.4, 0.5) is 11.4 Å². The maximum atomic E-state index is 13.1. The molecule has 0 spiro atoms. The van der Waals surface area contributed by atoms with Crippen molar-refractivity contribution < 1.29 is 78.0 Å². The van der Waals surface area contributed by atoms with Gasteiger partial charge in [0.25, 0.3) is 0 Å². The predicted molar refractivity (Wildman–Crippen MR) is 336 cm³/mol. The smallest absolute Gasteiger partial charge is 0.344 e. The zero-order valence-corrected chi connectivity index (χ0v) is 54.9. The number of esters is 3. The summed E-state index contributed by atoms with van der Waals surface area (Å²) in [7, 11) is -8.32. The van der Waals surface area contributed by atoms with Gasteiger partial charge in [0.1, 0.15) is 35.6 Å². The number of nitrogens with zero attached hydrogens (tertiary/aromatic N) is 4. The van der Waals surface area contributed by atoms with E-state index in [-0.39, 0.29) is 58.2 Å². The largest absolute Gasteiger partial charge is 0.748 e. The van der Waals surface area contributed by atoms with E-state index in [1.807, 2.05) is 125 Å². The molecule has 0 fully saturated rings. The number of pyridine rings is 2. The summed E-state index contributed by atoms with van der Waals surface area (Å²) in [6.07, 6.45) is 16.3. The van der Waals surface area contributed by atoms with Crippen LogP contribution in [0.2, 0.25) is 0 Å². The number of ether oxygens (including phenoxy) is 3. The molecule has 88 heavy (non-hydrogen) atoms. The number of aldehydes is 1. The quantitative estimate of drug-likeness (QED) is 0.0121. The van der Waals surface area contributed by atoms with E-state index < -0.39 is 37.1 Å². The number of phenols is 1. The van der Waals surface area contributed by atoms with Crippen LogP contribution in [0, 0.1) is 0 Å². The number of fused-ring (bicyclic) bond motifs is 3. The van der Waals surface area contributed by atoms with Crippen molar-refractivity contribution in [2.24, 2.45) is 0 Å². The van der Waals surface area contributed by atoms with Crippen molar-refractivity contribution in [2.45, 2.75) is 183 Å². The van der Waals surface area contributed by atoms with Crippen LogP contribution in [-0.4, -0.2) is 109 Å². The van der Waals surface area contributed by atoms with Gasteiger partial charge in [-0.3, -0.25) is 19.2 Å². The Morgan fingerprint density at radius 3 is 1.53 bits per heavy atom. The van der Waals surface area contributed by atoms with Crippen molar-refractivity contribution >= 4 is 77.9 Å². The monoisotopic (exact) mass is 1260 g/mol. The summed E-state index contributed by atoms with van der Waals surface area (Å²) in [5.74, 6) is -1.41. The van der Waals surface area contributed by atoms with E-state index in [9.17, 15) is 55.0 Å². The molecule has 3 aromatic heterocycles. The Balaban J connectivity index is 0.000000262. The third-order valence-corrected chi connectivity index (χ3v) is 16.0. The second-order valence-electron chi connectivity index (χ2n) is 25.2. The molecule has 20 nitrogen and oxygen atoms in total. The molecule has 0 unspecified atom stereocenters. The first-order valence-electron chi connectivity index (χ1n) is 29.7. The predicted octanol–water partition coefficient (Wildman–Crippen LogP) is 9.93. The van der Waals surface area contributed by atoms with Crippen LogP contribution in [0.15, 0.2) is 101 Å². The van der Waals surface area contributed by atoms with Crippen LogP contribution in [0.3, 0.4) is 0 Å². The Morgan fingerprint density at radius 1 is 0.648 bits per heavy atom. The lowest BCUT2D eigenvalue weighted by Crippen LogP contribution is -2.45. The van der Waals surface area contributed by atoms with Crippen molar-refractivity contribution in [1.82, 2.24) is 0 Å². The van der Waals surface area contributed by atoms with Crippen LogP contribution < -0.4 is 24.6 Å². The minimum Gasteiger partial charge on any atom is -0.748 e. The van der Waals surface area contributed by atoms with Crippen LogP contribution in [0.5, 0.6) is 5.75 Å². The number of rotatable bonds is 23. The van der Waals surface area contributed by atoms with E-state index in [1.165, 1.54) is 0 Å². The SMILES string of the molecule is CC1=CC(C)(C)N(CCCC(=O)OC(C)(C)C)c2cc(O)c(C=O)cc21.CC1=CC(C)(C)N(CCCC(=O)OC(C)(C)C)c2cc3oc(=O)c(-c4cc[n+](CCCCS(=O)(=O)[O-])cc4)cc3cc21.CCOC(=O)Cc1cc[n+](CCCCS(=O)(=O)[O-])cc1. The fourth-order valence-electron chi connectivity index (χ4n) is 10.5. The number of anilines is 2. The molecule has 2 aromatic carbocycles. The Hall–Kier alpha value is -7.27. The van der Waals surface area contributed by atoms with Gasteiger partial charge in [0.15, 0.2) is 31.1 Å². The lowest BCUT2D eigenvalue weighted by Gasteiger charge is -2.43. The van der Waals surface area contributed by atoms with Crippen molar-refractivity contribution in [2.75, 3.05) is 41.0 Å². The molecule has 22 heteroatoms. The lowest BCUT2D eigenvalue weighted by atomic mass is 9.87. The zero-order chi connectivity index (χ0) is 65.6. The summed E-state index contributed by atoms with van der Waals surface area (Å²) in [4.78, 5) is 64.2. The van der Waals surface area contributed by atoms with Gasteiger partial charge in [0.05, 0.1) is 55.5 Å². The summed E-state index contributed by atoms with van der Waals surface area (Å²) >= 11 is 0. The van der Waals surface area contributed by atoms with Gasteiger partial charge in [-0.05, 0) is 151 Å². The Kier molecular flexibility index (Phi) is 24.6. The number of aryl methyl sites for hydroxylation is 2. The molecule has 0 saturated carbocycles. The van der Waals surface area contributed by atoms with E-state index in [1.54, 1.807) is 19.1 Å². The van der Waals surface area contributed by atoms with Crippen LogP contribution in [0.1, 0.15) is 168 Å². The first-order valence-corrected chi connectivity index (χ1v) is 32.9. The van der Waals surface area contributed by atoms with E-state index >= 15 is 0 Å². The van der Waals surface area contributed by atoms with E-state index in [0.29, 0.717) is 107 Å². The Bertz CT molecular complexity index is 3630. The number of aromatic nitrogens is 2. The van der Waals surface area contributed by atoms with Gasteiger partial charge in [-0.15, -0.1) is 0 Å². The number of unbranched alkanes of at least 4 members (excludes halogenated alkanes) is 2. The fraction of sp³-hybridized carbons (Fsp3) is 0.500. The number of benzene rings is 2. The van der Waals surface area contributed by atoms with Crippen molar-refractivity contribution in [3.05, 3.63) is 124 Å². The van der Waals surface area contributed by atoms with Crippen LogP contribution >= 0.6 is 0 Å². The third-order valence-electron chi connectivity index (χ3n) is 14.4. The molecule has 0 aliphatic carbocycles. The van der Waals surface area contributed by atoms with Gasteiger partial charge in [-0.1, -0.05) is 12.2 Å². The van der Waals surface area contributed by atoms with E-state index in [2.05, 4.69) is 56.6 Å². The molecule has 5 heterocycles. The molecular weight excluding hydrogens is 1170 g/mol. The standard InChI is InChI=1S/C32H40N2O7S.C21H29NO4.C13H19NO5S/c1-22-21-32(5,6)34(14-9-10-29(35)41-31(2,3)4)27-20-28-24(18-25(22)27)19-26(30(36)40-28)23-11-15-33(16-12-23)13-7-8-17-42(37,38)39;1-14-12-21(5,6)22(9-7-8-19(25)26-20(2,3)4)17-11-18(24)15(13-23)10-16(14)17;1-2-19-13(15)11-12-5-8-14(9-6-12)7-3-4-10-20(16,17)18/h11-12,15-16,18-21H,7-10,13-14,17H2,1-6H3;10-13,24H,7-9H2,1-6H3;5-6,8-9H,2-4,7,10-11H2,1H3. The number of allylic oxidation sites excluding steroid dienone is 2. The van der Waals surface area contributed by atoms with Crippen molar-refractivity contribution in [3.8, 4) is 16.9 Å². The summed E-state index contributed by atoms with van der Waals surface area (Å²) < 4.78 is 89.0. The minimum absolute atomic E-state index is 0.0265. The summed E-state index contributed by atoms with van der Waals surface area (Å²) in [5.41, 5.74) is 6.78. The van der Waals surface area contributed by atoms with Gasteiger partial charge in [0, 0.05) is 120 Å². The normalized spacial score (nSPS) is 14.4. The Labute approximate surface area is 518 Å². The number of aromatic hydroxyl groups is 1. The van der Waals surface area contributed by atoms with E-state index in [4.69, 9.17) is 18.6 Å². The molecule has 0 saturated heterocycles. The maximum Gasteiger partial charge on any atom is 0.344 e. The Morgan fingerprint density at radius 2 is 1.09 bits per heavy atom. The first-order chi connectivity index (χ1) is 40.9. The van der Waals surface area contributed by atoms with Gasteiger partial charge < -0.3 is 42.6 Å². The van der Waals surface area contributed by atoms with E-state index in [0.717, 1.165) is 44.6 Å².